The monoisotopic (exact) mass is 236 g/mol. The highest BCUT2D eigenvalue weighted by Gasteiger charge is 2.17. The van der Waals surface area contributed by atoms with E-state index in [2.05, 4.69) is 11.9 Å². The summed E-state index contributed by atoms with van der Waals surface area (Å²) in [5.41, 5.74) is 0. The number of aryl methyl sites for hydroxylation is 1. The summed E-state index contributed by atoms with van der Waals surface area (Å²) in [6.45, 7) is 3.81. The van der Waals surface area contributed by atoms with Gasteiger partial charge in [0, 0.05) is 32.5 Å². The fourth-order valence-electron chi connectivity index (χ4n) is 2.14. The van der Waals surface area contributed by atoms with Crippen LogP contribution in [0, 0.1) is 0 Å². The van der Waals surface area contributed by atoms with Crippen molar-refractivity contribution in [2.45, 2.75) is 19.3 Å². The molecule has 0 radical (unpaired) electrons. The molecule has 1 saturated heterocycles. The summed E-state index contributed by atoms with van der Waals surface area (Å²) in [7, 11) is 2.11. The Labute approximate surface area is 102 Å². The van der Waals surface area contributed by atoms with Gasteiger partial charge in [0.2, 0.25) is 5.91 Å². The molecule has 0 N–H and O–H groups in total. The Kier molecular flexibility index (Phi) is 4.20. The average Bonchev–Trinajstić information content (AvgIpc) is 2.74. The first kappa shape index (κ1) is 12.2. The predicted octanol–water partition coefficient (Wildman–Crippen LogP) is 1.38. The Morgan fingerprint density at radius 2 is 2.24 bits per heavy atom. The molecule has 0 bridgehead atoms. The predicted molar refractivity (Wildman–Crippen MR) is 65.7 cm³/mol. The lowest BCUT2D eigenvalue weighted by molar-refractivity contribution is -0.131. The minimum Gasteiger partial charge on any atom is -0.469 e. The normalized spacial score (nSPS) is 18.1. The summed E-state index contributed by atoms with van der Waals surface area (Å²) < 4.78 is 5.23. The number of hydrogen-bond acceptors (Lipinski definition) is 3. The van der Waals surface area contributed by atoms with Crippen molar-refractivity contribution in [3.8, 4) is 0 Å². The van der Waals surface area contributed by atoms with Crippen LogP contribution in [-0.2, 0) is 11.2 Å². The molecule has 1 fully saturated rings. The molecular weight excluding hydrogens is 216 g/mol. The molecule has 1 amide bonds. The van der Waals surface area contributed by atoms with E-state index in [-0.39, 0.29) is 5.91 Å². The third-order valence-corrected chi connectivity index (χ3v) is 3.24. The Morgan fingerprint density at radius 1 is 1.35 bits per heavy atom. The van der Waals surface area contributed by atoms with Crippen LogP contribution in [0.3, 0.4) is 0 Å². The van der Waals surface area contributed by atoms with Crippen molar-refractivity contribution in [1.29, 1.82) is 0 Å². The lowest BCUT2D eigenvalue weighted by atomic mass is 10.2. The van der Waals surface area contributed by atoms with E-state index in [0.717, 1.165) is 38.4 Å². The van der Waals surface area contributed by atoms with Crippen LogP contribution in [0.2, 0.25) is 0 Å². The number of likely N-dealkylation sites (N-methyl/N-ethyl adjacent to an activating group) is 1. The Bertz CT molecular complexity index is 348. The van der Waals surface area contributed by atoms with Crippen LogP contribution in [0.5, 0.6) is 0 Å². The second-order valence-corrected chi connectivity index (χ2v) is 4.62. The first-order valence-electron chi connectivity index (χ1n) is 6.24. The molecule has 1 aromatic heterocycles. The summed E-state index contributed by atoms with van der Waals surface area (Å²) in [5.74, 6) is 1.14. The zero-order chi connectivity index (χ0) is 12.1. The van der Waals surface area contributed by atoms with Gasteiger partial charge in [-0.2, -0.15) is 0 Å². The second-order valence-electron chi connectivity index (χ2n) is 4.62. The second kappa shape index (κ2) is 5.87. The maximum atomic E-state index is 12.0. The summed E-state index contributed by atoms with van der Waals surface area (Å²) >= 11 is 0. The van der Waals surface area contributed by atoms with Crippen molar-refractivity contribution in [3.63, 3.8) is 0 Å². The first-order chi connectivity index (χ1) is 8.25. The number of carbonyl (C=O) groups is 1. The number of carbonyl (C=O) groups excluding carboxylic acids is 1. The van der Waals surface area contributed by atoms with Crippen molar-refractivity contribution in [2.24, 2.45) is 0 Å². The smallest absolute Gasteiger partial charge is 0.223 e. The van der Waals surface area contributed by atoms with E-state index in [0.29, 0.717) is 12.8 Å². The van der Waals surface area contributed by atoms with Crippen LogP contribution in [0.4, 0.5) is 0 Å². The molecule has 1 aromatic rings. The van der Waals surface area contributed by atoms with Gasteiger partial charge in [-0.15, -0.1) is 0 Å². The standard InChI is InChI=1S/C13H20N2O2/c1-14-7-3-8-15(10-9-14)13(16)6-5-12-4-2-11-17-12/h2,4,11H,3,5-10H2,1H3. The third-order valence-electron chi connectivity index (χ3n) is 3.24. The van der Waals surface area contributed by atoms with Gasteiger partial charge in [0.15, 0.2) is 0 Å². The molecule has 0 aromatic carbocycles. The minimum absolute atomic E-state index is 0.247. The van der Waals surface area contributed by atoms with Gasteiger partial charge in [-0.25, -0.2) is 0 Å². The van der Waals surface area contributed by atoms with E-state index < -0.39 is 0 Å². The molecule has 4 heteroatoms. The summed E-state index contributed by atoms with van der Waals surface area (Å²) in [6, 6.07) is 3.78. The summed E-state index contributed by atoms with van der Waals surface area (Å²) in [5, 5.41) is 0. The molecule has 2 rings (SSSR count). The van der Waals surface area contributed by atoms with Crippen LogP contribution in [-0.4, -0.2) is 48.9 Å². The van der Waals surface area contributed by atoms with Crippen LogP contribution >= 0.6 is 0 Å². The molecule has 0 atom stereocenters. The topological polar surface area (TPSA) is 36.7 Å². The highest BCUT2D eigenvalue weighted by Crippen LogP contribution is 2.08. The highest BCUT2D eigenvalue weighted by atomic mass is 16.3. The van der Waals surface area contributed by atoms with E-state index >= 15 is 0 Å². The van der Waals surface area contributed by atoms with E-state index in [1.165, 1.54) is 0 Å². The molecule has 0 aliphatic carbocycles. The average molecular weight is 236 g/mol. The summed E-state index contributed by atoms with van der Waals surface area (Å²) in [6.07, 6.45) is 3.99. The molecule has 2 heterocycles. The minimum atomic E-state index is 0.247. The van der Waals surface area contributed by atoms with Gasteiger partial charge >= 0.3 is 0 Å². The third kappa shape index (κ3) is 3.60. The molecule has 0 unspecified atom stereocenters. The zero-order valence-corrected chi connectivity index (χ0v) is 10.4. The maximum absolute atomic E-state index is 12.0. The Hall–Kier alpha value is -1.29. The van der Waals surface area contributed by atoms with Gasteiger partial charge in [-0.05, 0) is 32.1 Å². The first-order valence-corrected chi connectivity index (χ1v) is 6.24. The number of hydrogen-bond donors (Lipinski definition) is 0. The van der Waals surface area contributed by atoms with Crippen molar-refractivity contribution < 1.29 is 9.21 Å². The SMILES string of the molecule is CN1CCCN(C(=O)CCc2ccco2)CC1. The van der Waals surface area contributed by atoms with Gasteiger partial charge in [0.25, 0.3) is 0 Å². The number of rotatable bonds is 3. The van der Waals surface area contributed by atoms with Crippen molar-refractivity contribution >= 4 is 5.91 Å². The fourth-order valence-corrected chi connectivity index (χ4v) is 2.14. The number of nitrogens with zero attached hydrogens (tertiary/aromatic N) is 2. The molecule has 1 aliphatic heterocycles. The Balaban J connectivity index is 1.79. The lowest BCUT2D eigenvalue weighted by Gasteiger charge is -2.20. The maximum Gasteiger partial charge on any atom is 0.223 e. The quantitative estimate of drug-likeness (QED) is 0.795. The molecule has 17 heavy (non-hydrogen) atoms. The molecule has 0 saturated carbocycles. The van der Waals surface area contributed by atoms with Gasteiger partial charge in [-0.3, -0.25) is 4.79 Å². The van der Waals surface area contributed by atoms with Crippen molar-refractivity contribution in [3.05, 3.63) is 24.2 Å². The van der Waals surface area contributed by atoms with E-state index in [1.54, 1.807) is 6.26 Å². The van der Waals surface area contributed by atoms with Gasteiger partial charge in [-0.1, -0.05) is 0 Å². The molecule has 0 spiro atoms. The van der Waals surface area contributed by atoms with Crippen molar-refractivity contribution in [2.75, 3.05) is 33.2 Å². The fraction of sp³-hybridized carbons (Fsp3) is 0.615. The number of furan rings is 1. The van der Waals surface area contributed by atoms with Gasteiger partial charge in [0.1, 0.15) is 5.76 Å². The highest BCUT2D eigenvalue weighted by molar-refractivity contribution is 5.76. The Morgan fingerprint density at radius 3 is 3.00 bits per heavy atom. The molecular formula is C13H20N2O2. The number of amides is 1. The van der Waals surface area contributed by atoms with E-state index in [1.807, 2.05) is 17.0 Å². The summed E-state index contributed by atoms with van der Waals surface area (Å²) in [4.78, 5) is 16.3. The van der Waals surface area contributed by atoms with Crippen LogP contribution in [0.25, 0.3) is 0 Å². The van der Waals surface area contributed by atoms with Crippen molar-refractivity contribution in [1.82, 2.24) is 9.80 Å². The van der Waals surface area contributed by atoms with Crippen LogP contribution in [0.15, 0.2) is 22.8 Å². The zero-order valence-electron chi connectivity index (χ0n) is 10.4. The van der Waals surface area contributed by atoms with Crippen LogP contribution in [0.1, 0.15) is 18.6 Å². The molecule has 4 nitrogen and oxygen atoms in total. The van der Waals surface area contributed by atoms with E-state index in [9.17, 15) is 4.79 Å². The largest absolute Gasteiger partial charge is 0.469 e. The molecule has 1 aliphatic rings. The van der Waals surface area contributed by atoms with Gasteiger partial charge in [0.05, 0.1) is 6.26 Å². The van der Waals surface area contributed by atoms with E-state index in [4.69, 9.17) is 4.42 Å². The lowest BCUT2D eigenvalue weighted by Crippen LogP contribution is -2.34. The van der Waals surface area contributed by atoms with Crippen LogP contribution < -0.4 is 0 Å². The molecule has 94 valence electrons. The van der Waals surface area contributed by atoms with Gasteiger partial charge < -0.3 is 14.2 Å².